The summed E-state index contributed by atoms with van der Waals surface area (Å²) in [6.07, 6.45) is 6.00. The first-order chi connectivity index (χ1) is 17.6. The lowest BCUT2D eigenvalue weighted by molar-refractivity contribution is 0.0766. The molecule has 0 aromatic heterocycles. The number of methoxy groups -OCH3 is 1. The van der Waals surface area contributed by atoms with E-state index in [1.165, 1.54) is 37.7 Å². The van der Waals surface area contributed by atoms with Gasteiger partial charge in [0.05, 0.1) is 7.11 Å². The maximum Gasteiger partial charge on any atom is 0.411 e. The zero-order chi connectivity index (χ0) is 24.9. The quantitative estimate of drug-likeness (QED) is 0.408. The molecule has 6 heteroatoms. The number of fused-ring (bicyclic) bond motifs is 1. The number of hydrogen-bond acceptors (Lipinski definition) is 4. The Bertz CT molecular complexity index is 1210. The predicted octanol–water partition coefficient (Wildman–Crippen LogP) is 6.65. The third-order valence-corrected chi connectivity index (χ3v) is 7.19. The number of carbonyl (C=O) groups excluding carboxylic acids is 2. The highest BCUT2D eigenvalue weighted by atomic mass is 16.5. The molecule has 1 aliphatic carbocycles. The molecule has 1 aliphatic heterocycles. The van der Waals surface area contributed by atoms with Gasteiger partial charge in [0.15, 0.2) is 0 Å². The van der Waals surface area contributed by atoms with E-state index in [0.29, 0.717) is 30.3 Å². The Labute approximate surface area is 212 Å². The number of nitrogens with one attached hydrogen (secondary N) is 1. The molecular weight excluding hydrogens is 452 g/mol. The number of anilines is 1. The normalized spacial score (nSPS) is 15.5. The molecule has 0 radical (unpaired) electrons. The zero-order valence-electron chi connectivity index (χ0n) is 20.7. The molecular formula is C30H32N2O4. The summed E-state index contributed by atoms with van der Waals surface area (Å²) in [7, 11) is 1.63. The highest BCUT2D eigenvalue weighted by molar-refractivity contribution is 5.99. The van der Waals surface area contributed by atoms with Crippen molar-refractivity contribution in [3.63, 3.8) is 0 Å². The molecule has 1 heterocycles. The average molecular weight is 485 g/mol. The van der Waals surface area contributed by atoms with Crippen LogP contribution in [0, 0.1) is 0 Å². The van der Waals surface area contributed by atoms with E-state index >= 15 is 0 Å². The molecule has 0 atom stereocenters. The first-order valence-corrected chi connectivity index (χ1v) is 12.7. The molecule has 0 saturated heterocycles. The number of amides is 2. The van der Waals surface area contributed by atoms with Gasteiger partial charge in [-0.05, 0) is 71.3 Å². The van der Waals surface area contributed by atoms with Gasteiger partial charge >= 0.3 is 6.09 Å². The van der Waals surface area contributed by atoms with Crippen LogP contribution in [-0.2, 0) is 24.4 Å². The highest BCUT2D eigenvalue weighted by Crippen LogP contribution is 2.32. The van der Waals surface area contributed by atoms with E-state index < -0.39 is 6.09 Å². The van der Waals surface area contributed by atoms with E-state index in [1.54, 1.807) is 24.1 Å². The van der Waals surface area contributed by atoms with Crippen molar-refractivity contribution >= 4 is 17.7 Å². The van der Waals surface area contributed by atoms with Crippen LogP contribution in [0.2, 0.25) is 0 Å². The molecule has 3 aromatic rings. The summed E-state index contributed by atoms with van der Waals surface area (Å²) in [4.78, 5) is 27.0. The van der Waals surface area contributed by atoms with E-state index in [0.717, 1.165) is 22.4 Å². The van der Waals surface area contributed by atoms with Crippen LogP contribution >= 0.6 is 0 Å². The Morgan fingerprint density at radius 3 is 2.39 bits per heavy atom. The van der Waals surface area contributed by atoms with Crippen molar-refractivity contribution in [3.05, 3.63) is 94.5 Å². The molecule has 1 N–H and O–H groups in total. The van der Waals surface area contributed by atoms with Crippen LogP contribution in [0.1, 0.15) is 70.6 Å². The summed E-state index contributed by atoms with van der Waals surface area (Å²) < 4.78 is 10.6. The lowest BCUT2D eigenvalue weighted by atomic mass is 9.84. The van der Waals surface area contributed by atoms with Gasteiger partial charge in [-0.15, -0.1) is 0 Å². The number of nitrogens with zero attached hydrogens (tertiary/aromatic N) is 1. The Hall–Kier alpha value is -3.80. The maximum absolute atomic E-state index is 12.8. The van der Waals surface area contributed by atoms with Crippen molar-refractivity contribution in [1.29, 1.82) is 0 Å². The first-order valence-electron chi connectivity index (χ1n) is 12.7. The second kappa shape index (κ2) is 10.9. The third-order valence-electron chi connectivity index (χ3n) is 7.19. The van der Waals surface area contributed by atoms with Crippen molar-refractivity contribution in [1.82, 2.24) is 4.90 Å². The van der Waals surface area contributed by atoms with Gasteiger partial charge in [-0.3, -0.25) is 10.1 Å². The molecule has 2 aliphatic rings. The van der Waals surface area contributed by atoms with E-state index in [-0.39, 0.29) is 12.5 Å². The Balaban J connectivity index is 1.13. The predicted molar refractivity (Wildman–Crippen MR) is 139 cm³/mol. The summed E-state index contributed by atoms with van der Waals surface area (Å²) in [5, 5.41) is 2.79. The first kappa shape index (κ1) is 23.9. The standard InChI is InChI=1S/C30H32N2O4/c1-35-27-14-9-21(10-15-27)18-32-19-25-17-26(13-16-28(25)29(32)33)31-30(34)36-20-22-7-11-24(12-8-22)23-5-3-2-4-6-23/h7-17,23H,2-6,18-20H2,1H3,(H,31,34). The molecule has 6 nitrogen and oxygen atoms in total. The fourth-order valence-electron chi connectivity index (χ4n) is 5.16. The summed E-state index contributed by atoms with van der Waals surface area (Å²) in [5.41, 5.74) is 5.57. The summed E-state index contributed by atoms with van der Waals surface area (Å²) in [6, 6.07) is 21.5. The molecule has 1 saturated carbocycles. The fourth-order valence-corrected chi connectivity index (χ4v) is 5.16. The summed E-state index contributed by atoms with van der Waals surface area (Å²) in [6.45, 7) is 1.23. The van der Waals surface area contributed by atoms with Gasteiger partial charge in [-0.2, -0.15) is 0 Å². The second-order valence-corrected chi connectivity index (χ2v) is 9.66. The second-order valence-electron chi connectivity index (χ2n) is 9.66. The van der Waals surface area contributed by atoms with Gasteiger partial charge in [-0.1, -0.05) is 55.7 Å². The smallest absolute Gasteiger partial charge is 0.411 e. The van der Waals surface area contributed by atoms with Gasteiger partial charge in [0.2, 0.25) is 0 Å². The number of hydrogen-bond donors (Lipinski definition) is 1. The van der Waals surface area contributed by atoms with Gasteiger partial charge < -0.3 is 14.4 Å². The van der Waals surface area contributed by atoms with Crippen LogP contribution in [0.5, 0.6) is 5.75 Å². The Kier molecular flexibility index (Phi) is 7.21. The minimum Gasteiger partial charge on any atom is -0.497 e. The van der Waals surface area contributed by atoms with Crippen molar-refractivity contribution in [3.8, 4) is 5.75 Å². The van der Waals surface area contributed by atoms with Crippen LogP contribution in [0.15, 0.2) is 66.7 Å². The van der Waals surface area contributed by atoms with Crippen LogP contribution in [0.3, 0.4) is 0 Å². The lowest BCUT2D eigenvalue weighted by Crippen LogP contribution is -2.23. The van der Waals surface area contributed by atoms with E-state index in [2.05, 4.69) is 29.6 Å². The highest BCUT2D eigenvalue weighted by Gasteiger charge is 2.27. The Morgan fingerprint density at radius 2 is 1.67 bits per heavy atom. The number of carbonyl (C=O) groups is 2. The third kappa shape index (κ3) is 5.54. The molecule has 3 aromatic carbocycles. The topological polar surface area (TPSA) is 67.9 Å². The largest absolute Gasteiger partial charge is 0.497 e. The minimum absolute atomic E-state index is 0.00776. The van der Waals surface area contributed by atoms with E-state index in [4.69, 9.17) is 9.47 Å². The van der Waals surface area contributed by atoms with Gasteiger partial charge in [0.1, 0.15) is 12.4 Å². The van der Waals surface area contributed by atoms with E-state index in [9.17, 15) is 9.59 Å². The van der Waals surface area contributed by atoms with Crippen molar-refractivity contribution < 1.29 is 19.1 Å². The molecule has 186 valence electrons. The molecule has 5 rings (SSSR count). The monoisotopic (exact) mass is 484 g/mol. The van der Waals surface area contributed by atoms with Crippen LogP contribution in [0.4, 0.5) is 10.5 Å². The Morgan fingerprint density at radius 1 is 0.944 bits per heavy atom. The van der Waals surface area contributed by atoms with Crippen LogP contribution in [0.25, 0.3) is 0 Å². The summed E-state index contributed by atoms with van der Waals surface area (Å²) in [5.74, 6) is 1.44. The van der Waals surface area contributed by atoms with Crippen molar-refractivity contribution in [2.24, 2.45) is 0 Å². The lowest BCUT2D eigenvalue weighted by Gasteiger charge is -2.22. The number of benzene rings is 3. The van der Waals surface area contributed by atoms with Crippen LogP contribution < -0.4 is 10.1 Å². The van der Waals surface area contributed by atoms with Crippen LogP contribution in [-0.4, -0.2) is 24.0 Å². The van der Waals surface area contributed by atoms with Gasteiger partial charge in [0, 0.05) is 24.3 Å². The van der Waals surface area contributed by atoms with E-state index in [1.807, 2.05) is 30.3 Å². The number of rotatable bonds is 7. The zero-order valence-corrected chi connectivity index (χ0v) is 20.7. The molecule has 2 amide bonds. The minimum atomic E-state index is -0.509. The van der Waals surface area contributed by atoms with Crippen molar-refractivity contribution in [2.75, 3.05) is 12.4 Å². The molecule has 0 spiro atoms. The molecule has 36 heavy (non-hydrogen) atoms. The molecule has 0 unspecified atom stereocenters. The number of ether oxygens (including phenoxy) is 2. The molecule has 0 bridgehead atoms. The average Bonchev–Trinajstić information content (AvgIpc) is 3.22. The SMILES string of the molecule is COc1ccc(CN2Cc3cc(NC(=O)OCc4ccc(C5CCCCC5)cc4)ccc3C2=O)cc1. The van der Waals surface area contributed by atoms with Gasteiger partial charge in [0.25, 0.3) is 5.91 Å². The fraction of sp³-hybridized carbons (Fsp3) is 0.333. The molecule has 1 fully saturated rings. The van der Waals surface area contributed by atoms with Gasteiger partial charge in [-0.25, -0.2) is 4.79 Å². The summed E-state index contributed by atoms with van der Waals surface area (Å²) >= 11 is 0. The maximum atomic E-state index is 12.8. The van der Waals surface area contributed by atoms with Crippen molar-refractivity contribution in [2.45, 2.75) is 57.7 Å².